The third-order valence-electron chi connectivity index (χ3n) is 19.3. The number of rotatable bonds is 13. The van der Waals surface area contributed by atoms with Crippen LogP contribution in [0.4, 0.5) is 49.9 Å². The Morgan fingerprint density at radius 3 is 1.45 bits per heavy atom. The number of halogens is 6. The van der Waals surface area contributed by atoms with Gasteiger partial charge in [-0.2, -0.15) is 0 Å². The third-order valence-corrected chi connectivity index (χ3v) is 19.9. The normalized spacial score (nSPS) is 17.4. The van der Waals surface area contributed by atoms with E-state index in [0.29, 0.717) is 53.4 Å². The average Bonchev–Trinajstić information content (AvgIpc) is 0.704. The van der Waals surface area contributed by atoms with Gasteiger partial charge >= 0.3 is 12.2 Å². The first kappa shape index (κ1) is 76.7. The maximum atomic E-state index is 18.0. The van der Waals surface area contributed by atoms with E-state index < -0.39 is 87.9 Å². The molecule has 1 N–H and O–H groups in total. The number of pyridine rings is 4. The van der Waals surface area contributed by atoms with Crippen LogP contribution in [0.1, 0.15) is 131 Å². The molecule has 21 nitrogen and oxygen atoms in total. The van der Waals surface area contributed by atoms with Crippen molar-refractivity contribution < 1.29 is 55.7 Å². The van der Waals surface area contributed by atoms with Gasteiger partial charge in [0.1, 0.15) is 57.8 Å². The number of carbonyl (C=O) groups is 4. The smallest absolute Gasteiger partial charge is 0.410 e. The number of aromatic nitrogens is 4. The Hall–Kier alpha value is -9.46. The lowest BCUT2D eigenvalue weighted by atomic mass is 9.94. The summed E-state index contributed by atoms with van der Waals surface area (Å²) >= 11 is 13.9. The summed E-state index contributed by atoms with van der Waals surface area (Å²) in [5, 5.41) is 2.98. The molecular formula is C78H89Cl2F4N11O10. The van der Waals surface area contributed by atoms with Gasteiger partial charge in [0, 0.05) is 72.6 Å². The van der Waals surface area contributed by atoms with Gasteiger partial charge in [0.2, 0.25) is 5.91 Å². The molecule has 4 aromatic carbocycles. The lowest BCUT2D eigenvalue weighted by Gasteiger charge is -2.50. The number of amides is 4. The molecule has 2 fully saturated rings. The van der Waals surface area contributed by atoms with Gasteiger partial charge in [0.25, 0.3) is 17.0 Å². The molecule has 12 rings (SSSR count). The predicted octanol–water partition coefficient (Wildman–Crippen LogP) is 14.8. The summed E-state index contributed by atoms with van der Waals surface area (Å²) in [6.45, 7) is 26.4. The number of benzene rings is 4. The van der Waals surface area contributed by atoms with Crippen LogP contribution in [0.5, 0.6) is 11.5 Å². The molecule has 0 unspecified atom stereocenters. The zero-order chi connectivity index (χ0) is 76.6. The highest BCUT2D eigenvalue weighted by Crippen LogP contribution is 2.51. The number of nitrogens with zero attached hydrogens (tertiary/aromatic N) is 10. The second-order valence-electron chi connectivity index (χ2n) is 29.7. The van der Waals surface area contributed by atoms with Crippen molar-refractivity contribution in [2.24, 2.45) is 0 Å². The molecule has 0 bridgehead atoms. The summed E-state index contributed by atoms with van der Waals surface area (Å²) in [5.74, 6) is -4.60. The fourth-order valence-electron chi connectivity index (χ4n) is 14.6. The molecule has 0 aliphatic carbocycles. The molecule has 4 aliphatic rings. The van der Waals surface area contributed by atoms with Gasteiger partial charge < -0.3 is 53.7 Å². The van der Waals surface area contributed by atoms with Gasteiger partial charge in [-0.15, -0.1) is 0 Å². The van der Waals surface area contributed by atoms with Gasteiger partial charge in [-0.25, -0.2) is 27.2 Å². The first-order valence-electron chi connectivity index (χ1n) is 35.1. The first-order chi connectivity index (χ1) is 49.5. The largest absolute Gasteiger partial charge is 0.496 e. The van der Waals surface area contributed by atoms with Crippen LogP contribution in [-0.2, 0) is 31.9 Å². The van der Waals surface area contributed by atoms with Crippen molar-refractivity contribution in [3.05, 3.63) is 150 Å². The summed E-state index contributed by atoms with van der Waals surface area (Å²) in [4.78, 5) is 105. The first-order valence-corrected chi connectivity index (χ1v) is 35.9. The quantitative estimate of drug-likeness (QED) is 0.107. The van der Waals surface area contributed by atoms with Gasteiger partial charge in [-0.3, -0.25) is 38.3 Å². The molecule has 105 heavy (non-hydrogen) atoms. The molecule has 4 amide bonds. The molecule has 0 radical (unpaired) electrons. The van der Waals surface area contributed by atoms with Crippen LogP contribution >= 0.6 is 23.2 Å². The molecule has 4 aromatic heterocycles. The van der Waals surface area contributed by atoms with E-state index in [4.69, 9.17) is 42.1 Å². The number of ether oxygens (including phenoxy) is 4. The van der Waals surface area contributed by atoms with Crippen LogP contribution in [0.15, 0.2) is 82.6 Å². The summed E-state index contributed by atoms with van der Waals surface area (Å²) < 4.78 is 91.8. The van der Waals surface area contributed by atoms with Gasteiger partial charge in [-0.05, 0) is 154 Å². The zero-order valence-corrected chi connectivity index (χ0v) is 63.9. The Labute approximate surface area is 617 Å². The summed E-state index contributed by atoms with van der Waals surface area (Å²) in [7, 11) is 6.42. The van der Waals surface area contributed by atoms with Crippen LogP contribution in [0.25, 0.3) is 55.4 Å². The zero-order valence-electron chi connectivity index (χ0n) is 62.4. The lowest BCUT2D eigenvalue weighted by Crippen LogP contribution is -2.67. The number of fused-ring (bicyclic) bond motifs is 10. The fourth-order valence-corrected chi connectivity index (χ4v) is 15.1. The molecule has 4 aliphatic heterocycles. The summed E-state index contributed by atoms with van der Waals surface area (Å²) in [6.07, 6.45) is 3.11. The second-order valence-corrected chi connectivity index (χ2v) is 30.5. The number of nitrogens with one attached hydrogen (secondary N) is 1. The number of hydrogen-bond donors (Lipinski definition) is 1. The molecule has 4 atom stereocenters. The molecular weight excluding hydrogens is 1400 g/mol. The van der Waals surface area contributed by atoms with Crippen molar-refractivity contribution in [1.29, 1.82) is 0 Å². The maximum Gasteiger partial charge on any atom is 0.410 e. The minimum Gasteiger partial charge on any atom is -0.496 e. The van der Waals surface area contributed by atoms with Crippen LogP contribution in [0, 0.1) is 23.3 Å². The number of piperazine rings is 2. The van der Waals surface area contributed by atoms with E-state index in [1.54, 1.807) is 75.9 Å². The van der Waals surface area contributed by atoms with Gasteiger partial charge in [0.15, 0.2) is 11.6 Å². The molecule has 27 heteroatoms. The average molecular weight is 1490 g/mol. The minimum absolute atomic E-state index is 0.0434. The van der Waals surface area contributed by atoms with E-state index in [1.807, 2.05) is 74.4 Å². The van der Waals surface area contributed by atoms with E-state index in [2.05, 4.69) is 15.3 Å². The van der Waals surface area contributed by atoms with E-state index in [9.17, 15) is 24.0 Å². The highest BCUT2D eigenvalue weighted by atomic mass is 35.5. The van der Waals surface area contributed by atoms with Crippen LogP contribution in [0.3, 0.4) is 0 Å². The lowest BCUT2D eigenvalue weighted by molar-refractivity contribution is -0.121. The number of aryl methyl sites for hydroxylation is 2. The van der Waals surface area contributed by atoms with Gasteiger partial charge in [-0.1, -0.05) is 76.9 Å². The maximum absolute atomic E-state index is 18.0. The summed E-state index contributed by atoms with van der Waals surface area (Å²) in [5.41, 5.74) is -0.341. The van der Waals surface area contributed by atoms with E-state index in [1.165, 1.54) is 86.6 Å². The Morgan fingerprint density at radius 2 is 1.03 bits per heavy atom. The van der Waals surface area contributed by atoms with Crippen molar-refractivity contribution in [2.45, 2.75) is 157 Å². The molecule has 558 valence electrons. The molecule has 0 spiro atoms. The Kier molecular flexibility index (Phi) is 21.5. The molecule has 8 aromatic rings. The van der Waals surface area contributed by atoms with E-state index in [-0.39, 0.29) is 133 Å². The predicted molar refractivity (Wildman–Crippen MR) is 402 cm³/mol. The number of methoxy groups -OCH3 is 2. The standard InChI is InChI=1S/C41H49ClF2N6O5.C37H40ClF2N5O5/c1-11-24-15-16-45-33(22(2)3)34(24)50-35-25(19-26(42)30(32(35)44)31-27(43)13-12-14-29(31)54-10)36-37(39(50)52)47(18-17-46(8)9)38(51)28-21-48(23(4)20-49(28)36)40(53)55-41(5,6)7;1-9-20-13-14-41-29(18(2)3)31(20)45-32-21(15-22(38)26(28(32)40)27-23(39)11-10-12-25(27)49-8)33-30(35(45)47)42-34(46)24-17-43(19(4)16-44(24)33)36(48)50-37(5,6)7/h12-16,19,22-23,28H,11,17-18,20-21H2,1-10H3;10-15,18-19,24H,9,16-17H2,1-8H3,(H,42,46)/t23-,28-;19-,24-/m11/s1. The highest BCUT2D eigenvalue weighted by molar-refractivity contribution is 6.35. The van der Waals surface area contributed by atoms with Crippen LogP contribution in [0.2, 0.25) is 10.0 Å². The second kappa shape index (κ2) is 29.5. The Balaban J connectivity index is 0.000000211. The topological polar surface area (TPSA) is 206 Å². The van der Waals surface area contributed by atoms with Crippen molar-refractivity contribution in [1.82, 2.24) is 33.8 Å². The minimum atomic E-state index is -0.953. The van der Waals surface area contributed by atoms with Crippen LogP contribution in [-0.4, -0.2) is 161 Å². The fraction of sp³-hybridized carbons (Fsp3) is 0.436. The SMILES string of the molecule is CCc1ccnc(C(C)C)c1-n1c(=O)c2c(c3cc(Cl)c(-c4c(F)cccc4OC)c(F)c31)N1C[C@@H](C)N(C(=O)OC(C)(C)C)C[C@@H]1C(=O)N2.CCc1ccnc(C(C)C)c1-n1c(=O)c2c(c3cc(Cl)c(-c4c(F)cccc4OC)c(F)c31)N1C[C@@H](C)N(C(=O)OC(C)(C)C)C[C@@H]1C(=O)N2CCN(C)C. The molecule has 8 heterocycles. The van der Waals surface area contributed by atoms with Crippen molar-refractivity contribution in [3.8, 4) is 45.1 Å². The molecule has 0 saturated carbocycles. The van der Waals surface area contributed by atoms with E-state index in [0.717, 1.165) is 5.56 Å². The van der Waals surface area contributed by atoms with Crippen molar-refractivity contribution >= 4 is 91.8 Å². The number of likely N-dealkylation sites (N-methyl/N-ethyl adjacent to an activating group) is 1. The van der Waals surface area contributed by atoms with Crippen molar-refractivity contribution in [2.75, 3.05) is 87.6 Å². The summed E-state index contributed by atoms with van der Waals surface area (Å²) in [6, 6.07) is 12.0. The monoisotopic (exact) mass is 1490 g/mol. The number of carbonyl (C=O) groups excluding carboxylic acids is 4. The number of anilines is 4. The molecule has 2 saturated heterocycles. The van der Waals surface area contributed by atoms with Crippen molar-refractivity contribution in [3.63, 3.8) is 0 Å². The Bertz CT molecular complexity index is 4960. The van der Waals surface area contributed by atoms with E-state index >= 15 is 22.4 Å². The third kappa shape index (κ3) is 13.9. The highest BCUT2D eigenvalue weighted by Gasteiger charge is 2.50. The Morgan fingerprint density at radius 1 is 0.600 bits per heavy atom. The van der Waals surface area contributed by atoms with Crippen LogP contribution < -0.4 is 40.6 Å². The van der Waals surface area contributed by atoms with Gasteiger partial charge in [0.05, 0.1) is 93.7 Å². The number of hydrogen-bond acceptors (Lipinski definition) is 15.